The number of hydrogen-bond acceptors (Lipinski definition) is 2. The van der Waals surface area contributed by atoms with Gasteiger partial charge in [0, 0.05) is 6.20 Å². The lowest BCUT2D eigenvalue weighted by atomic mass is 10.0. The lowest BCUT2D eigenvalue weighted by Gasteiger charge is -2.20. The van der Waals surface area contributed by atoms with Gasteiger partial charge in [-0.1, -0.05) is 37.3 Å². The summed E-state index contributed by atoms with van der Waals surface area (Å²) >= 11 is 0. The first-order valence-electron chi connectivity index (χ1n) is 6.98. The molecular formula is C16H21N3O. The quantitative estimate of drug-likeness (QED) is 0.908. The molecule has 4 nitrogen and oxygen atoms in total. The van der Waals surface area contributed by atoms with Crippen LogP contribution in [0.2, 0.25) is 0 Å². The minimum atomic E-state index is -0.304. The molecule has 1 aromatic carbocycles. The van der Waals surface area contributed by atoms with Gasteiger partial charge in [-0.05, 0) is 31.4 Å². The van der Waals surface area contributed by atoms with Crippen molar-refractivity contribution < 1.29 is 4.79 Å². The zero-order chi connectivity index (χ0) is 14.5. The molecule has 0 bridgehead atoms. The molecule has 2 aromatic rings. The highest BCUT2D eigenvalue weighted by Crippen LogP contribution is 2.17. The number of rotatable bonds is 5. The van der Waals surface area contributed by atoms with Gasteiger partial charge in [0.2, 0.25) is 5.91 Å². The van der Waals surface area contributed by atoms with E-state index in [0.29, 0.717) is 0 Å². The molecule has 0 aliphatic heterocycles. The molecule has 1 amide bonds. The molecule has 20 heavy (non-hydrogen) atoms. The second kappa shape index (κ2) is 6.37. The fourth-order valence-electron chi connectivity index (χ4n) is 2.16. The van der Waals surface area contributed by atoms with E-state index in [9.17, 15) is 4.79 Å². The Labute approximate surface area is 119 Å². The van der Waals surface area contributed by atoms with Gasteiger partial charge in [-0.25, -0.2) is 0 Å². The molecule has 2 atom stereocenters. The van der Waals surface area contributed by atoms with Crippen molar-refractivity contribution in [2.24, 2.45) is 0 Å². The van der Waals surface area contributed by atoms with E-state index in [0.717, 1.165) is 17.5 Å². The summed E-state index contributed by atoms with van der Waals surface area (Å²) in [6, 6.07) is 9.78. The molecule has 2 rings (SSSR count). The molecule has 2 unspecified atom stereocenters. The van der Waals surface area contributed by atoms with Crippen molar-refractivity contribution >= 4 is 5.91 Å². The van der Waals surface area contributed by atoms with Gasteiger partial charge in [0.1, 0.15) is 6.04 Å². The van der Waals surface area contributed by atoms with E-state index in [1.54, 1.807) is 10.9 Å². The van der Waals surface area contributed by atoms with Crippen LogP contribution in [-0.2, 0) is 4.79 Å². The second-order valence-corrected chi connectivity index (χ2v) is 5.05. The fraction of sp³-hybridized carbons (Fsp3) is 0.375. The van der Waals surface area contributed by atoms with Crippen molar-refractivity contribution in [2.75, 3.05) is 0 Å². The van der Waals surface area contributed by atoms with E-state index in [1.165, 1.54) is 0 Å². The van der Waals surface area contributed by atoms with Crippen LogP contribution >= 0.6 is 0 Å². The Morgan fingerprint density at radius 2 is 2.05 bits per heavy atom. The van der Waals surface area contributed by atoms with Gasteiger partial charge < -0.3 is 5.32 Å². The second-order valence-electron chi connectivity index (χ2n) is 5.05. The van der Waals surface area contributed by atoms with Gasteiger partial charge in [0.25, 0.3) is 0 Å². The van der Waals surface area contributed by atoms with E-state index in [2.05, 4.69) is 17.3 Å². The molecule has 0 saturated heterocycles. The van der Waals surface area contributed by atoms with Crippen molar-refractivity contribution in [3.63, 3.8) is 0 Å². The van der Waals surface area contributed by atoms with E-state index in [-0.39, 0.29) is 18.0 Å². The van der Waals surface area contributed by atoms with Crippen LogP contribution in [0.15, 0.2) is 42.7 Å². The average molecular weight is 271 g/mol. The molecular weight excluding hydrogens is 250 g/mol. The Hall–Kier alpha value is -2.10. The summed E-state index contributed by atoms with van der Waals surface area (Å²) in [4.78, 5) is 12.3. The number of carbonyl (C=O) groups excluding carboxylic acids is 1. The van der Waals surface area contributed by atoms with Gasteiger partial charge in [-0.3, -0.25) is 9.48 Å². The zero-order valence-corrected chi connectivity index (χ0v) is 12.2. The van der Waals surface area contributed by atoms with Crippen LogP contribution in [0, 0.1) is 6.92 Å². The number of aromatic nitrogens is 2. The Kier molecular flexibility index (Phi) is 4.56. The molecule has 1 aromatic heterocycles. The van der Waals surface area contributed by atoms with Crippen molar-refractivity contribution in [2.45, 2.75) is 39.3 Å². The predicted molar refractivity (Wildman–Crippen MR) is 79.3 cm³/mol. The topological polar surface area (TPSA) is 46.9 Å². The van der Waals surface area contributed by atoms with Crippen LogP contribution in [0.1, 0.15) is 43.5 Å². The first-order chi connectivity index (χ1) is 9.61. The van der Waals surface area contributed by atoms with Crippen LogP contribution in [0.3, 0.4) is 0 Å². The Bertz CT molecular complexity index is 562. The maximum absolute atomic E-state index is 12.3. The Morgan fingerprint density at radius 1 is 1.35 bits per heavy atom. The maximum Gasteiger partial charge on any atom is 0.245 e. The van der Waals surface area contributed by atoms with E-state index < -0.39 is 0 Å². The van der Waals surface area contributed by atoms with Gasteiger partial charge in [0.05, 0.1) is 12.2 Å². The van der Waals surface area contributed by atoms with Crippen LogP contribution in [0.4, 0.5) is 0 Å². The Morgan fingerprint density at radius 3 is 2.60 bits per heavy atom. The van der Waals surface area contributed by atoms with Crippen molar-refractivity contribution in [1.82, 2.24) is 15.1 Å². The number of benzene rings is 1. The van der Waals surface area contributed by atoms with Gasteiger partial charge >= 0.3 is 0 Å². The Balaban J connectivity index is 2.06. The molecule has 0 radical (unpaired) electrons. The molecule has 0 aliphatic carbocycles. The third-order valence-corrected chi connectivity index (χ3v) is 3.43. The van der Waals surface area contributed by atoms with E-state index in [4.69, 9.17) is 0 Å². The van der Waals surface area contributed by atoms with Gasteiger partial charge in [0.15, 0.2) is 0 Å². The number of aryl methyl sites for hydroxylation is 1. The van der Waals surface area contributed by atoms with Gasteiger partial charge in [-0.15, -0.1) is 0 Å². The standard InChI is InChI=1S/C16H21N3O/c1-4-15(14-8-6-5-7-9-14)18-16(20)13(3)19-11-12(2)10-17-19/h5-11,13,15H,4H2,1-3H3,(H,18,20). The van der Waals surface area contributed by atoms with Gasteiger partial charge in [-0.2, -0.15) is 5.10 Å². The van der Waals surface area contributed by atoms with E-state index in [1.807, 2.05) is 50.4 Å². The SMILES string of the molecule is CCC(NC(=O)C(C)n1cc(C)cn1)c1ccccc1. The normalized spacial score (nSPS) is 13.8. The first-order valence-corrected chi connectivity index (χ1v) is 6.98. The smallest absolute Gasteiger partial charge is 0.245 e. The minimum absolute atomic E-state index is 0.0104. The zero-order valence-electron chi connectivity index (χ0n) is 12.2. The first kappa shape index (κ1) is 14.3. The summed E-state index contributed by atoms with van der Waals surface area (Å²) in [7, 11) is 0. The predicted octanol–water partition coefficient (Wildman–Crippen LogP) is 3.02. The monoisotopic (exact) mass is 271 g/mol. The third kappa shape index (κ3) is 3.26. The molecule has 0 aliphatic rings. The lowest BCUT2D eigenvalue weighted by molar-refractivity contribution is -0.124. The molecule has 0 fully saturated rings. The summed E-state index contributed by atoms with van der Waals surface area (Å²) in [6.07, 6.45) is 4.51. The van der Waals surface area contributed by atoms with E-state index >= 15 is 0 Å². The highest BCUT2D eigenvalue weighted by molar-refractivity contribution is 5.80. The number of nitrogens with zero attached hydrogens (tertiary/aromatic N) is 2. The molecule has 0 saturated carbocycles. The summed E-state index contributed by atoms with van der Waals surface area (Å²) in [6.45, 7) is 5.90. The highest BCUT2D eigenvalue weighted by atomic mass is 16.2. The molecule has 1 N–H and O–H groups in total. The van der Waals surface area contributed by atoms with Crippen LogP contribution < -0.4 is 5.32 Å². The van der Waals surface area contributed by atoms with Crippen molar-refractivity contribution in [1.29, 1.82) is 0 Å². The summed E-state index contributed by atoms with van der Waals surface area (Å²) in [5.74, 6) is -0.0104. The molecule has 106 valence electrons. The number of amides is 1. The minimum Gasteiger partial charge on any atom is -0.347 e. The summed E-state index contributed by atoms with van der Waals surface area (Å²) < 4.78 is 1.70. The third-order valence-electron chi connectivity index (χ3n) is 3.43. The average Bonchev–Trinajstić information content (AvgIpc) is 2.91. The fourth-order valence-corrected chi connectivity index (χ4v) is 2.16. The maximum atomic E-state index is 12.3. The molecule has 1 heterocycles. The summed E-state index contributed by atoms with van der Waals surface area (Å²) in [5.41, 5.74) is 2.19. The number of carbonyl (C=O) groups is 1. The summed E-state index contributed by atoms with van der Waals surface area (Å²) in [5, 5.41) is 7.29. The van der Waals surface area contributed by atoms with Crippen LogP contribution in [-0.4, -0.2) is 15.7 Å². The number of nitrogens with one attached hydrogen (secondary N) is 1. The van der Waals surface area contributed by atoms with Crippen molar-refractivity contribution in [3.05, 3.63) is 53.9 Å². The molecule has 0 spiro atoms. The number of hydrogen-bond donors (Lipinski definition) is 1. The molecule has 4 heteroatoms. The largest absolute Gasteiger partial charge is 0.347 e. The lowest BCUT2D eigenvalue weighted by Crippen LogP contribution is -2.34. The van der Waals surface area contributed by atoms with Crippen molar-refractivity contribution in [3.8, 4) is 0 Å². The highest BCUT2D eigenvalue weighted by Gasteiger charge is 2.19. The van der Waals surface area contributed by atoms with Crippen LogP contribution in [0.25, 0.3) is 0 Å². The van der Waals surface area contributed by atoms with Crippen LogP contribution in [0.5, 0.6) is 0 Å².